The van der Waals surface area contributed by atoms with E-state index in [1.807, 2.05) is 25.9 Å². The van der Waals surface area contributed by atoms with E-state index in [9.17, 15) is 78.6 Å². The van der Waals surface area contributed by atoms with Crippen LogP contribution in [0.15, 0.2) is 12.1 Å². The first-order chi connectivity index (χ1) is 48.0. The zero-order valence-corrected chi connectivity index (χ0v) is 63.6. The number of aliphatic hydroxyl groups is 5. The summed E-state index contributed by atoms with van der Waals surface area (Å²) in [6.07, 6.45) is -13.2. The van der Waals surface area contributed by atoms with Crippen LogP contribution >= 0.6 is 0 Å². The van der Waals surface area contributed by atoms with Gasteiger partial charge in [-0.15, -0.1) is 0 Å². The van der Waals surface area contributed by atoms with Crippen molar-refractivity contribution in [2.45, 2.75) is 262 Å². The van der Waals surface area contributed by atoms with E-state index in [2.05, 4.69) is 21.3 Å². The van der Waals surface area contributed by atoms with Crippen LogP contribution in [0.2, 0.25) is 0 Å². The summed E-state index contributed by atoms with van der Waals surface area (Å²) in [4.78, 5) is 140. The van der Waals surface area contributed by atoms with E-state index in [1.54, 1.807) is 62.3 Å². The maximum absolute atomic E-state index is 14.9. The van der Waals surface area contributed by atoms with Gasteiger partial charge in [0.25, 0.3) is 0 Å². The monoisotopic (exact) mass is 1480 g/mol. The lowest BCUT2D eigenvalue weighted by molar-refractivity contribution is -0.318. The van der Waals surface area contributed by atoms with E-state index in [-0.39, 0.29) is 56.4 Å². The Labute approximate surface area is 607 Å². The Hall–Kier alpha value is -6.56. The number of Topliss-reactive ketones (excluding diaryl/α,β-unsaturated/α-hetero) is 4. The van der Waals surface area contributed by atoms with Crippen LogP contribution in [0.1, 0.15) is 165 Å². The largest absolute Gasteiger partial charge is 0.505 e. The second kappa shape index (κ2) is 32.5. The summed E-state index contributed by atoms with van der Waals surface area (Å²) in [7, 11) is 7.92. The summed E-state index contributed by atoms with van der Waals surface area (Å²) in [6, 6.07) is -1.19. The van der Waals surface area contributed by atoms with Gasteiger partial charge >= 0.3 is 30.2 Å². The van der Waals surface area contributed by atoms with E-state index >= 15 is 0 Å². The molecule has 32 heteroatoms. The molecule has 6 aliphatic rings. The zero-order valence-electron chi connectivity index (χ0n) is 63.6. The summed E-state index contributed by atoms with van der Waals surface area (Å²) < 4.78 is 56.9. The van der Waals surface area contributed by atoms with Crippen molar-refractivity contribution in [2.24, 2.45) is 53.1 Å². The number of hydrogen-bond donors (Lipinski definition) is 11. The van der Waals surface area contributed by atoms with Crippen LogP contribution < -0.4 is 27.0 Å². The molecule has 0 radical (unpaired) electrons. The van der Waals surface area contributed by atoms with Crippen LogP contribution in [0.25, 0.3) is 0 Å². The summed E-state index contributed by atoms with van der Waals surface area (Å²) in [5.74, 6) is -19.6. The molecule has 586 valence electrons. The number of hydrogen-bond acceptors (Lipinski definition) is 27. The minimum absolute atomic E-state index is 0.0162. The molecule has 12 N–H and O–H groups in total. The van der Waals surface area contributed by atoms with Crippen molar-refractivity contribution in [3.05, 3.63) is 23.3 Å². The number of benzene rings is 1. The lowest BCUT2D eigenvalue weighted by atomic mass is 9.49. The first-order valence-corrected chi connectivity index (χ1v) is 35.8. The summed E-state index contributed by atoms with van der Waals surface area (Å²) in [5.41, 5.74) is -7.10. The molecule has 3 aliphatic heterocycles. The number of phenols is 1. The first kappa shape index (κ1) is 84.7. The molecule has 3 aliphatic carbocycles. The molecule has 3 saturated heterocycles. The van der Waals surface area contributed by atoms with Gasteiger partial charge in [-0.05, 0) is 154 Å². The fourth-order valence-electron chi connectivity index (χ4n) is 16.8. The highest BCUT2D eigenvalue weighted by Gasteiger charge is 2.72. The van der Waals surface area contributed by atoms with Crippen LogP contribution in [-0.4, -0.2) is 256 Å². The number of cyclic esters (lactones) is 1. The number of rotatable bonds is 18. The number of ether oxygens (including phenoxy) is 9. The number of nitrogens with two attached hydrogens (primary N) is 1. The number of carbonyl (C=O) groups excluding carboxylic acids is 10. The van der Waals surface area contributed by atoms with Gasteiger partial charge < -0.3 is 105 Å². The topological polar surface area (TPSA) is 456 Å². The molecule has 0 bridgehead atoms. The molecule has 10 unspecified atom stereocenters. The Morgan fingerprint density at radius 1 is 0.769 bits per heavy atom. The summed E-state index contributed by atoms with van der Waals surface area (Å²) >= 11 is 0. The van der Waals surface area contributed by atoms with Crippen molar-refractivity contribution in [1.29, 1.82) is 0 Å². The van der Waals surface area contributed by atoms with E-state index in [0.717, 1.165) is 0 Å². The van der Waals surface area contributed by atoms with Gasteiger partial charge in [0, 0.05) is 63.3 Å². The first-order valence-electron chi connectivity index (χ1n) is 35.8. The summed E-state index contributed by atoms with van der Waals surface area (Å²) in [5, 5.41) is 84.1. The van der Waals surface area contributed by atoms with Gasteiger partial charge in [0.1, 0.15) is 28.7 Å². The highest BCUT2D eigenvalue weighted by molar-refractivity contribution is 6.32. The van der Waals surface area contributed by atoms with E-state index in [4.69, 9.17) is 48.4 Å². The molecule has 1 aromatic rings. The lowest BCUT2D eigenvalue weighted by Gasteiger charge is -2.55. The number of nitrogens with one attached hydrogen (secondary N) is 4. The fourth-order valence-corrected chi connectivity index (χ4v) is 16.8. The smallest absolute Gasteiger partial charge is 0.407 e. The molecule has 1 aromatic carbocycles. The van der Waals surface area contributed by atoms with Gasteiger partial charge in [-0.3, -0.25) is 38.5 Å². The number of esters is 2. The second-order valence-electron chi connectivity index (χ2n) is 31.8. The molecule has 26 atom stereocenters. The number of unbranched alkanes of at least 4 members (excludes halogenated alkanes) is 1. The minimum Gasteiger partial charge on any atom is -0.505 e. The molecule has 104 heavy (non-hydrogen) atoms. The molecule has 5 fully saturated rings. The van der Waals surface area contributed by atoms with Crippen LogP contribution in [-0.2, 0) is 77.0 Å². The maximum Gasteiger partial charge on any atom is 0.407 e. The molecule has 0 spiro atoms. The molecule has 32 nitrogen and oxygen atoms in total. The molecular formula is C72H113N7O25. The number of carbonyl (C=O) groups is 10. The van der Waals surface area contributed by atoms with Crippen molar-refractivity contribution in [3.63, 3.8) is 0 Å². The highest BCUT2D eigenvalue weighted by Crippen LogP contribution is 2.57. The Kier molecular flexibility index (Phi) is 26.5. The Morgan fingerprint density at radius 2 is 1.39 bits per heavy atom. The van der Waals surface area contributed by atoms with Crippen molar-refractivity contribution in [3.8, 4) is 5.75 Å². The van der Waals surface area contributed by atoms with Crippen molar-refractivity contribution in [1.82, 2.24) is 25.8 Å². The standard InChI is InChI=1S/C72H113N7O25/c1-21-44-71(15,94)56(84)34(4)49(77-66(91)104-67(9,10)11)32(2)30-68(12,92)59(102-63-55(99-38(8)80)43(78(16)17)28-33(3)97-63)35(5)54(36(6)62(88)100-44)101-45-31-69(13,96-20)60(37(7)98-45)103-65(90)75-27-23-22-26-74-64(89)76-42-25-24-39-46(51(42)81)52(82)47-40(70(39,14)93)29-41-50(79(18)19)53(83)48(61(73)87)58(86)72(41,95)57(47)85/h24-25,32-37,40-41,43-45,47-50,54-56,59-60,63,81,84,92-95H,21-23,26-31H2,1-20H3,(H2,73,87)(H,75,90)(H,77,91)(H2,74,76,89)/t32-,33?,34+,35+,36-,37?,40+,41+,43?,44-,45?,47?,48?,49+,50+,54+,55?,56-,59-,60?,63?,68-,69?,70-,71-,72+/m1/s1. The molecular weight excluding hydrogens is 1360 g/mol. The third-order valence-corrected chi connectivity index (χ3v) is 22.2. The maximum atomic E-state index is 14.9. The van der Waals surface area contributed by atoms with E-state index < -0.39 is 237 Å². The molecule has 5 amide bonds. The molecule has 3 heterocycles. The number of likely N-dealkylation sites (N-methyl/N-ethyl adjacent to an activating group) is 2. The van der Waals surface area contributed by atoms with Crippen molar-refractivity contribution in [2.75, 3.05) is 53.7 Å². The number of amides is 5. The number of urea groups is 1. The van der Waals surface area contributed by atoms with Crippen LogP contribution in [0.5, 0.6) is 5.75 Å². The third-order valence-electron chi connectivity index (χ3n) is 22.2. The predicted molar refractivity (Wildman–Crippen MR) is 370 cm³/mol. The number of nitrogens with zero attached hydrogens (tertiary/aromatic N) is 2. The number of methoxy groups -OCH3 is 1. The second-order valence-corrected chi connectivity index (χ2v) is 31.8. The number of anilines is 1. The Balaban J connectivity index is 1.05. The van der Waals surface area contributed by atoms with Gasteiger partial charge in [-0.1, -0.05) is 33.8 Å². The Bertz CT molecular complexity index is 3360. The van der Waals surface area contributed by atoms with Gasteiger partial charge in [-0.2, -0.15) is 0 Å². The van der Waals surface area contributed by atoms with Crippen LogP contribution in [0.4, 0.5) is 20.1 Å². The van der Waals surface area contributed by atoms with Gasteiger partial charge in [0.05, 0.1) is 76.9 Å². The highest BCUT2D eigenvalue weighted by atomic mass is 16.7. The zero-order chi connectivity index (χ0) is 78.3. The van der Waals surface area contributed by atoms with Gasteiger partial charge in [0.2, 0.25) is 5.91 Å². The average Bonchev–Trinajstić information content (AvgIpc) is 0.687. The quantitative estimate of drug-likeness (QED) is 0.0331. The minimum atomic E-state index is -3.04. The number of aliphatic hydroxyl groups excluding tert-OH is 1. The molecule has 0 aromatic heterocycles. The number of fused-ring (bicyclic) bond motifs is 3. The number of alkyl carbamates (subject to hydrolysis) is 2. The predicted octanol–water partition coefficient (Wildman–Crippen LogP) is 2.86. The average molecular weight is 1480 g/mol. The van der Waals surface area contributed by atoms with Gasteiger partial charge in [0.15, 0.2) is 59.4 Å². The van der Waals surface area contributed by atoms with Crippen LogP contribution in [0.3, 0.4) is 0 Å². The van der Waals surface area contributed by atoms with Crippen molar-refractivity contribution < 1.29 is 121 Å². The fraction of sp³-hybridized carbons (Fsp3) is 0.778. The van der Waals surface area contributed by atoms with Crippen molar-refractivity contribution >= 4 is 64.9 Å². The number of phenolic OH excluding ortho intramolecular Hbond substituents is 1. The normalized spacial score (nSPS) is 39.4. The molecule has 7 rings (SSSR count). The van der Waals surface area contributed by atoms with Crippen LogP contribution in [0, 0.1) is 47.3 Å². The number of aromatic hydroxyl groups is 1. The number of ketones is 4. The summed E-state index contributed by atoms with van der Waals surface area (Å²) in [6.45, 7) is 23.9. The lowest BCUT2D eigenvalue weighted by Crippen LogP contribution is -2.75. The SMILES string of the molecule is CC[C@H]1OC(=O)[C@H](C)[C@@H](OC2CC(C)(OC)C(OC(=O)NCCCCNC(=O)Nc3ccc4c(c3O)C(=O)C3C(=O)[C@]5(O)C(=O)C(C(N)=O)C(=O)[C@@H](N(C)C)[C@@H]5C[C@@H]3[C@]4(C)O)C(C)O2)[C@H](C)[C@@H](OC2OC(C)CC(N(C)C)C2OC(C)=O)[C@](C)(O)C[C@@H](C)[C@H](NC(=O)OC(C)(C)C)[C@H](C)[C@@H](O)[C@]1(C)O. The Morgan fingerprint density at radius 3 is 1.96 bits per heavy atom. The van der Waals surface area contributed by atoms with E-state index in [1.165, 1.54) is 72.9 Å². The third kappa shape index (κ3) is 17.4. The van der Waals surface area contributed by atoms with Gasteiger partial charge in [-0.25, -0.2) is 14.4 Å². The van der Waals surface area contributed by atoms with E-state index in [0.29, 0.717) is 6.42 Å². The molecule has 2 saturated carbocycles. The number of primary amides is 1.